The van der Waals surface area contributed by atoms with Gasteiger partial charge in [0.15, 0.2) is 0 Å². The SMILES string of the molecule is CCC(C)(C)NC(=O)CCC(C)CN. The van der Waals surface area contributed by atoms with E-state index in [4.69, 9.17) is 5.73 Å². The highest BCUT2D eigenvalue weighted by molar-refractivity contribution is 5.76. The predicted molar refractivity (Wildman–Crippen MR) is 60.0 cm³/mol. The van der Waals surface area contributed by atoms with E-state index >= 15 is 0 Å². The van der Waals surface area contributed by atoms with Gasteiger partial charge < -0.3 is 11.1 Å². The second-order valence-corrected chi connectivity index (χ2v) is 4.67. The molecule has 0 spiro atoms. The summed E-state index contributed by atoms with van der Waals surface area (Å²) >= 11 is 0. The van der Waals surface area contributed by atoms with E-state index in [0.717, 1.165) is 12.8 Å². The molecule has 3 nitrogen and oxygen atoms in total. The van der Waals surface area contributed by atoms with Crippen molar-refractivity contribution in [3.05, 3.63) is 0 Å². The van der Waals surface area contributed by atoms with E-state index in [0.29, 0.717) is 18.9 Å². The fourth-order valence-corrected chi connectivity index (χ4v) is 1.02. The molecule has 0 saturated carbocycles. The maximum atomic E-state index is 11.5. The molecule has 0 aromatic carbocycles. The number of rotatable bonds is 6. The number of hydrogen-bond donors (Lipinski definition) is 2. The molecular formula is C11H24N2O. The first kappa shape index (κ1) is 13.4. The molecule has 0 aliphatic rings. The molecular weight excluding hydrogens is 176 g/mol. The van der Waals surface area contributed by atoms with Crippen molar-refractivity contribution in [2.45, 2.75) is 52.5 Å². The molecule has 0 aliphatic carbocycles. The molecule has 0 radical (unpaired) electrons. The van der Waals surface area contributed by atoms with Gasteiger partial charge in [0.1, 0.15) is 0 Å². The lowest BCUT2D eigenvalue weighted by molar-refractivity contribution is -0.123. The van der Waals surface area contributed by atoms with E-state index in [1.165, 1.54) is 0 Å². The van der Waals surface area contributed by atoms with Gasteiger partial charge in [-0.05, 0) is 39.2 Å². The van der Waals surface area contributed by atoms with Gasteiger partial charge in [0, 0.05) is 12.0 Å². The van der Waals surface area contributed by atoms with Gasteiger partial charge in [-0.25, -0.2) is 0 Å². The summed E-state index contributed by atoms with van der Waals surface area (Å²) < 4.78 is 0. The van der Waals surface area contributed by atoms with Gasteiger partial charge in [-0.15, -0.1) is 0 Å². The third-order valence-corrected chi connectivity index (χ3v) is 2.63. The van der Waals surface area contributed by atoms with Crippen molar-refractivity contribution in [1.29, 1.82) is 0 Å². The lowest BCUT2D eigenvalue weighted by Gasteiger charge is -2.24. The summed E-state index contributed by atoms with van der Waals surface area (Å²) in [5.74, 6) is 0.572. The fourth-order valence-electron chi connectivity index (χ4n) is 1.02. The standard InChI is InChI=1S/C11H24N2O/c1-5-11(3,4)13-10(14)7-6-9(2)8-12/h9H,5-8,12H2,1-4H3,(H,13,14). The highest BCUT2D eigenvalue weighted by atomic mass is 16.1. The minimum absolute atomic E-state index is 0.0803. The zero-order valence-electron chi connectivity index (χ0n) is 9.89. The van der Waals surface area contributed by atoms with E-state index < -0.39 is 0 Å². The summed E-state index contributed by atoms with van der Waals surface area (Å²) in [4.78, 5) is 11.5. The van der Waals surface area contributed by atoms with Gasteiger partial charge in [-0.1, -0.05) is 13.8 Å². The molecule has 0 fully saturated rings. The van der Waals surface area contributed by atoms with Crippen molar-refractivity contribution in [3.8, 4) is 0 Å². The maximum absolute atomic E-state index is 11.5. The predicted octanol–water partition coefficient (Wildman–Crippen LogP) is 1.67. The minimum Gasteiger partial charge on any atom is -0.351 e. The zero-order valence-corrected chi connectivity index (χ0v) is 9.89. The van der Waals surface area contributed by atoms with E-state index in [1.54, 1.807) is 0 Å². The van der Waals surface area contributed by atoms with E-state index in [2.05, 4.69) is 19.2 Å². The normalized spacial score (nSPS) is 13.8. The Morgan fingerprint density at radius 1 is 1.50 bits per heavy atom. The molecule has 0 saturated heterocycles. The highest BCUT2D eigenvalue weighted by Gasteiger charge is 2.17. The minimum atomic E-state index is -0.0803. The topological polar surface area (TPSA) is 55.1 Å². The smallest absolute Gasteiger partial charge is 0.220 e. The summed E-state index contributed by atoms with van der Waals surface area (Å²) in [5.41, 5.74) is 5.40. The van der Waals surface area contributed by atoms with Crippen LogP contribution in [-0.2, 0) is 4.79 Å². The zero-order chi connectivity index (χ0) is 11.2. The van der Waals surface area contributed by atoms with Crippen LogP contribution < -0.4 is 11.1 Å². The molecule has 0 heterocycles. The van der Waals surface area contributed by atoms with Gasteiger partial charge in [-0.2, -0.15) is 0 Å². The Morgan fingerprint density at radius 3 is 2.50 bits per heavy atom. The van der Waals surface area contributed by atoms with Gasteiger partial charge in [0.05, 0.1) is 0 Å². The summed E-state index contributed by atoms with van der Waals surface area (Å²) in [6.07, 6.45) is 2.41. The Labute approximate surface area is 87.4 Å². The second kappa shape index (κ2) is 6.02. The van der Waals surface area contributed by atoms with Crippen LogP contribution in [0, 0.1) is 5.92 Å². The maximum Gasteiger partial charge on any atom is 0.220 e. The van der Waals surface area contributed by atoms with Crippen LogP contribution >= 0.6 is 0 Å². The van der Waals surface area contributed by atoms with Crippen LogP contribution in [0.5, 0.6) is 0 Å². The molecule has 14 heavy (non-hydrogen) atoms. The Kier molecular flexibility index (Phi) is 5.77. The average Bonchev–Trinajstić information content (AvgIpc) is 2.13. The number of carbonyl (C=O) groups excluding carboxylic acids is 1. The first-order valence-electron chi connectivity index (χ1n) is 5.42. The van der Waals surface area contributed by atoms with Gasteiger partial charge >= 0.3 is 0 Å². The molecule has 3 heteroatoms. The van der Waals surface area contributed by atoms with Crippen LogP contribution in [0.1, 0.15) is 47.0 Å². The van der Waals surface area contributed by atoms with Crippen molar-refractivity contribution >= 4 is 5.91 Å². The fraction of sp³-hybridized carbons (Fsp3) is 0.909. The van der Waals surface area contributed by atoms with Crippen molar-refractivity contribution in [2.75, 3.05) is 6.54 Å². The summed E-state index contributed by atoms with van der Waals surface area (Å²) in [5, 5.41) is 3.01. The summed E-state index contributed by atoms with van der Waals surface area (Å²) in [6.45, 7) is 8.88. The van der Waals surface area contributed by atoms with E-state index in [-0.39, 0.29) is 11.4 Å². The summed E-state index contributed by atoms with van der Waals surface area (Å²) in [6, 6.07) is 0. The van der Waals surface area contributed by atoms with Crippen LogP contribution in [0.3, 0.4) is 0 Å². The van der Waals surface area contributed by atoms with Crippen LogP contribution in [-0.4, -0.2) is 18.0 Å². The Balaban J connectivity index is 3.76. The quantitative estimate of drug-likeness (QED) is 0.685. The first-order chi connectivity index (χ1) is 6.41. The molecule has 0 aliphatic heterocycles. The number of hydrogen-bond acceptors (Lipinski definition) is 2. The third-order valence-electron chi connectivity index (χ3n) is 2.63. The Hall–Kier alpha value is -0.570. The molecule has 0 rings (SSSR count). The number of nitrogens with one attached hydrogen (secondary N) is 1. The molecule has 1 unspecified atom stereocenters. The monoisotopic (exact) mass is 200 g/mol. The van der Waals surface area contributed by atoms with Crippen molar-refractivity contribution in [2.24, 2.45) is 11.7 Å². The number of amides is 1. The largest absolute Gasteiger partial charge is 0.351 e. The van der Waals surface area contributed by atoms with Crippen LogP contribution in [0.2, 0.25) is 0 Å². The molecule has 84 valence electrons. The molecule has 1 atom stereocenters. The Morgan fingerprint density at radius 2 is 2.07 bits per heavy atom. The van der Waals surface area contributed by atoms with Gasteiger partial charge in [-0.3, -0.25) is 4.79 Å². The number of nitrogens with two attached hydrogens (primary N) is 1. The van der Waals surface area contributed by atoms with Crippen molar-refractivity contribution in [3.63, 3.8) is 0 Å². The van der Waals surface area contributed by atoms with Gasteiger partial charge in [0.2, 0.25) is 5.91 Å². The van der Waals surface area contributed by atoms with Crippen molar-refractivity contribution < 1.29 is 4.79 Å². The first-order valence-corrected chi connectivity index (χ1v) is 5.42. The average molecular weight is 200 g/mol. The number of carbonyl (C=O) groups is 1. The highest BCUT2D eigenvalue weighted by Crippen LogP contribution is 2.09. The molecule has 0 aromatic heterocycles. The second-order valence-electron chi connectivity index (χ2n) is 4.67. The summed E-state index contributed by atoms with van der Waals surface area (Å²) in [7, 11) is 0. The van der Waals surface area contributed by atoms with E-state index in [1.807, 2.05) is 13.8 Å². The van der Waals surface area contributed by atoms with Crippen molar-refractivity contribution in [1.82, 2.24) is 5.32 Å². The third kappa shape index (κ3) is 5.97. The molecule has 1 amide bonds. The van der Waals surface area contributed by atoms with Crippen LogP contribution in [0.4, 0.5) is 0 Å². The van der Waals surface area contributed by atoms with E-state index in [9.17, 15) is 4.79 Å². The molecule has 3 N–H and O–H groups in total. The lowest BCUT2D eigenvalue weighted by Crippen LogP contribution is -2.42. The van der Waals surface area contributed by atoms with Gasteiger partial charge in [0.25, 0.3) is 0 Å². The molecule has 0 bridgehead atoms. The molecule has 0 aromatic rings. The lowest BCUT2D eigenvalue weighted by atomic mass is 10.0. The van der Waals surface area contributed by atoms with Crippen LogP contribution in [0.25, 0.3) is 0 Å². The van der Waals surface area contributed by atoms with Crippen LogP contribution in [0.15, 0.2) is 0 Å². The Bertz CT molecular complexity index is 178.